The Labute approximate surface area is 198 Å². The van der Waals surface area contributed by atoms with Crippen molar-refractivity contribution < 1.29 is 13.2 Å². The quantitative estimate of drug-likeness (QED) is 0.513. The fourth-order valence-corrected chi connectivity index (χ4v) is 6.63. The number of sulfonamides is 1. The van der Waals surface area contributed by atoms with E-state index in [1.54, 1.807) is 4.31 Å². The summed E-state index contributed by atoms with van der Waals surface area (Å²) < 4.78 is 30.4. The second-order valence-corrected chi connectivity index (χ2v) is 11.0. The summed E-state index contributed by atoms with van der Waals surface area (Å²) >= 11 is 1.42. The molecule has 0 saturated carbocycles. The van der Waals surface area contributed by atoms with Crippen LogP contribution in [0.4, 0.5) is 0 Å². The smallest absolute Gasteiger partial charge is 0.279 e. The van der Waals surface area contributed by atoms with Gasteiger partial charge >= 0.3 is 0 Å². The van der Waals surface area contributed by atoms with Crippen LogP contribution in [-0.4, -0.2) is 36.3 Å². The molecule has 172 valence electrons. The minimum atomic E-state index is -3.56. The molecule has 4 rings (SSSR count). The minimum absolute atomic E-state index is 0.206. The molecule has 1 aliphatic heterocycles. The van der Waals surface area contributed by atoms with Crippen molar-refractivity contribution in [2.75, 3.05) is 13.1 Å². The fourth-order valence-electron chi connectivity index (χ4n) is 4.02. The number of hydrogen-bond acceptors (Lipinski definition) is 4. The van der Waals surface area contributed by atoms with Crippen molar-refractivity contribution in [1.29, 1.82) is 0 Å². The van der Waals surface area contributed by atoms with E-state index in [1.807, 2.05) is 10.6 Å². The van der Waals surface area contributed by atoms with Crippen LogP contribution in [-0.2, 0) is 23.0 Å². The summed E-state index contributed by atoms with van der Waals surface area (Å²) in [6.45, 7) is 3.48. The second-order valence-electron chi connectivity index (χ2n) is 8.09. The van der Waals surface area contributed by atoms with Gasteiger partial charge in [0.2, 0.25) is 10.0 Å². The van der Waals surface area contributed by atoms with Crippen LogP contribution in [0.1, 0.15) is 48.5 Å². The zero-order valence-electron chi connectivity index (χ0n) is 18.7. The molecule has 0 radical (unpaired) electrons. The van der Waals surface area contributed by atoms with Gasteiger partial charge in [-0.15, -0.1) is 6.42 Å². The molecule has 1 saturated heterocycles. The van der Waals surface area contributed by atoms with Crippen molar-refractivity contribution in [1.82, 2.24) is 8.87 Å². The van der Waals surface area contributed by atoms with Crippen LogP contribution in [0.15, 0.2) is 52.4 Å². The van der Waals surface area contributed by atoms with Crippen molar-refractivity contribution in [2.45, 2.75) is 50.5 Å². The first-order valence-corrected chi connectivity index (χ1v) is 13.4. The third kappa shape index (κ3) is 4.96. The number of aryl methyl sites for hydroxylation is 1. The zero-order chi connectivity index (χ0) is 23.4. The summed E-state index contributed by atoms with van der Waals surface area (Å²) in [5.41, 5.74) is 2.49. The molecular weight excluding hydrogens is 454 g/mol. The zero-order valence-corrected chi connectivity index (χ0v) is 20.3. The van der Waals surface area contributed by atoms with Crippen molar-refractivity contribution in [3.05, 3.63) is 58.4 Å². The van der Waals surface area contributed by atoms with Gasteiger partial charge in [-0.25, -0.2) is 8.42 Å². The van der Waals surface area contributed by atoms with Crippen LogP contribution in [0.3, 0.4) is 0 Å². The van der Waals surface area contributed by atoms with E-state index >= 15 is 0 Å². The number of hydrogen-bond donors (Lipinski definition) is 0. The summed E-state index contributed by atoms with van der Waals surface area (Å²) in [6, 6.07) is 12.2. The highest BCUT2D eigenvalue weighted by atomic mass is 32.2. The molecule has 1 aliphatic rings. The summed E-state index contributed by atoms with van der Waals surface area (Å²) in [5.74, 6) is 2.20. The molecule has 0 aliphatic carbocycles. The van der Waals surface area contributed by atoms with Gasteiger partial charge in [0.15, 0.2) is 4.80 Å². The molecule has 6 nitrogen and oxygen atoms in total. The Hall–Kier alpha value is -2.73. The van der Waals surface area contributed by atoms with Crippen molar-refractivity contribution >= 4 is 37.5 Å². The number of aromatic nitrogens is 1. The van der Waals surface area contributed by atoms with E-state index in [4.69, 9.17) is 6.42 Å². The lowest BCUT2D eigenvalue weighted by atomic mass is 10.2. The molecular formula is C25H27N3O3S2. The highest BCUT2D eigenvalue weighted by Gasteiger charge is 2.25. The van der Waals surface area contributed by atoms with Gasteiger partial charge in [-0.3, -0.25) is 4.79 Å². The SMILES string of the molecule is C#CCn1c(=NC(=O)c2ccc(S(=O)(=O)N3CCCCCC3)cc2)sc2cc(CC)ccc21. The van der Waals surface area contributed by atoms with Crippen LogP contribution in [0.5, 0.6) is 0 Å². The third-order valence-corrected chi connectivity index (χ3v) is 8.86. The molecule has 1 aromatic heterocycles. The first-order valence-electron chi connectivity index (χ1n) is 11.2. The standard InChI is InChI=1S/C25H27N3O3S2/c1-3-15-28-22-14-9-19(4-2)18-23(22)32-25(28)26-24(29)20-10-12-21(13-11-20)33(30,31)27-16-7-5-6-8-17-27/h1,9-14,18H,4-8,15-17H2,2H3. The molecule has 0 N–H and O–H groups in total. The number of amides is 1. The Morgan fingerprint density at radius 2 is 1.79 bits per heavy atom. The molecule has 2 aromatic carbocycles. The number of fused-ring (bicyclic) bond motifs is 1. The first-order chi connectivity index (χ1) is 15.9. The number of thiazole rings is 1. The Bertz CT molecular complexity index is 1370. The summed E-state index contributed by atoms with van der Waals surface area (Å²) in [7, 11) is -3.56. The molecule has 0 spiro atoms. The fraction of sp³-hybridized carbons (Fsp3) is 0.360. The van der Waals surface area contributed by atoms with Gasteiger partial charge in [-0.1, -0.05) is 43.1 Å². The molecule has 0 unspecified atom stereocenters. The normalized spacial score (nSPS) is 15.9. The van der Waals surface area contributed by atoms with E-state index in [0.29, 0.717) is 30.0 Å². The second kappa shape index (κ2) is 10.0. The van der Waals surface area contributed by atoms with Crippen LogP contribution < -0.4 is 4.80 Å². The summed E-state index contributed by atoms with van der Waals surface area (Å²) in [6.07, 6.45) is 10.3. The average molecular weight is 482 g/mol. The van der Waals surface area contributed by atoms with Crippen LogP contribution in [0, 0.1) is 12.3 Å². The van der Waals surface area contributed by atoms with Gasteiger partial charge in [0.1, 0.15) is 0 Å². The maximum Gasteiger partial charge on any atom is 0.279 e. The number of carbonyl (C=O) groups excluding carboxylic acids is 1. The Kier molecular flexibility index (Phi) is 7.13. The molecule has 8 heteroatoms. The van der Waals surface area contributed by atoms with E-state index < -0.39 is 15.9 Å². The van der Waals surface area contributed by atoms with Crippen LogP contribution in [0.25, 0.3) is 10.2 Å². The minimum Gasteiger partial charge on any atom is -0.305 e. The lowest BCUT2D eigenvalue weighted by Gasteiger charge is -2.19. The monoisotopic (exact) mass is 481 g/mol. The van der Waals surface area contributed by atoms with Gasteiger partial charge in [-0.2, -0.15) is 9.30 Å². The molecule has 3 aromatic rings. The lowest BCUT2D eigenvalue weighted by molar-refractivity contribution is 0.0998. The summed E-state index contributed by atoms with van der Waals surface area (Å²) in [5, 5.41) is 0. The van der Waals surface area contributed by atoms with E-state index in [1.165, 1.54) is 41.2 Å². The maximum atomic E-state index is 13.0. The van der Waals surface area contributed by atoms with Crippen LogP contribution in [0.2, 0.25) is 0 Å². The van der Waals surface area contributed by atoms with Gasteiger partial charge < -0.3 is 4.57 Å². The highest BCUT2D eigenvalue weighted by molar-refractivity contribution is 7.89. The van der Waals surface area contributed by atoms with Gasteiger partial charge in [0, 0.05) is 18.7 Å². The number of rotatable bonds is 5. The Morgan fingerprint density at radius 3 is 2.42 bits per heavy atom. The van der Waals surface area contributed by atoms with E-state index in [2.05, 4.69) is 30.0 Å². The topological polar surface area (TPSA) is 71.7 Å². The van der Waals surface area contributed by atoms with Crippen molar-refractivity contribution in [2.24, 2.45) is 4.99 Å². The number of carbonyl (C=O) groups is 1. The van der Waals surface area contributed by atoms with Gasteiger partial charge in [-0.05, 0) is 61.2 Å². The van der Waals surface area contributed by atoms with Gasteiger partial charge in [0.25, 0.3) is 5.91 Å². The van der Waals surface area contributed by atoms with Crippen molar-refractivity contribution in [3.8, 4) is 12.3 Å². The predicted octanol–water partition coefficient (Wildman–Crippen LogP) is 4.20. The third-order valence-electron chi connectivity index (χ3n) is 5.91. The first kappa shape index (κ1) is 23.4. The number of nitrogens with zero attached hydrogens (tertiary/aromatic N) is 3. The summed E-state index contributed by atoms with van der Waals surface area (Å²) in [4.78, 5) is 18.0. The van der Waals surface area contributed by atoms with Gasteiger partial charge in [0.05, 0.1) is 21.7 Å². The number of benzene rings is 2. The van der Waals surface area contributed by atoms with E-state index in [-0.39, 0.29) is 4.90 Å². The Balaban J connectivity index is 1.64. The Morgan fingerprint density at radius 1 is 1.09 bits per heavy atom. The molecule has 2 heterocycles. The van der Waals surface area contributed by atoms with E-state index in [9.17, 15) is 13.2 Å². The maximum absolute atomic E-state index is 13.0. The molecule has 1 fully saturated rings. The number of terminal acetylenes is 1. The van der Waals surface area contributed by atoms with Crippen molar-refractivity contribution in [3.63, 3.8) is 0 Å². The molecule has 1 amide bonds. The molecule has 0 bridgehead atoms. The highest BCUT2D eigenvalue weighted by Crippen LogP contribution is 2.22. The van der Waals surface area contributed by atoms with E-state index in [0.717, 1.165) is 42.3 Å². The lowest BCUT2D eigenvalue weighted by Crippen LogP contribution is -2.31. The van der Waals surface area contributed by atoms with Crippen LogP contribution >= 0.6 is 11.3 Å². The molecule has 33 heavy (non-hydrogen) atoms. The predicted molar refractivity (Wildman–Crippen MR) is 132 cm³/mol. The average Bonchev–Trinajstić information content (AvgIpc) is 2.98. The molecule has 0 atom stereocenters. The largest absolute Gasteiger partial charge is 0.305 e.